The molecule has 4 heterocycles. The molecule has 5 heteroatoms. The van der Waals surface area contributed by atoms with Gasteiger partial charge in [0.15, 0.2) is 11.4 Å². The summed E-state index contributed by atoms with van der Waals surface area (Å²) in [5.41, 5.74) is 1.32. The van der Waals surface area contributed by atoms with E-state index < -0.39 is 0 Å². The number of ether oxygens (including phenoxy) is 1. The lowest BCUT2D eigenvalue weighted by Crippen LogP contribution is -2.30. The van der Waals surface area contributed by atoms with Gasteiger partial charge in [0.25, 0.3) is 0 Å². The topological polar surface area (TPSA) is 56.5 Å². The van der Waals surface area contributed by atoms with Gasteiger partial charge in [-0.1, -0.05) is 0 Å². The van der Waals surface area contributed by atoms with E-state index in [1.807, 2.05) is 12.1 Å². The number of ketones is 1. The zero-order chi connectivity index (χ0) is 12.8. The van der Waals surface area contributed by atoms with Crippen molar-refractivity contribution in [3.8, 4) is 0 Å². The third-order valence-electron chi connectivity index (χ3n) is 4.19. The highest BCUT2D eigenvalue weighted by Gasteiger charge is 2.38. The predicted molar refractivity (Wildman–Crippen MR) is 67.9 cm³/mol. The summed E-state index contributed by atoms with van der Waals surface area (Å²) in [6.07, 6.45) is 7.76. The number of hydrogen-bond donors (Lipinski definition) is 0. The van der Waals surface area contributed by atoms with E-state index in [1.165, 1.54) is 0 Å². The first-order chi connectivity index (χ1) is 9.31. The molecule has 2 bridgehead atoms. The summed E-state index contributed by atoms with van der Waals surface area (Å²) in [5.74, 6) is 0.222. The van der Waals surface area contributed by atoms with Crippen LogP contribution in [0.3, 0.4) is 0 Å². The normalized spacial score (nSPS) is 29.8. The van der Waals surface area contributed by atoms with E-state index in [-0.39, 0.29) is 23.9 Å². The predicted octanol–water partition coefficient (Wildman–Crippen LogP) is 1.87. The van der Waals surface area contributed by atoms with Crippen LogP contribution in [0.15, 0.2) is 24.5 Å². The molecule has 0 saturated carbocycles. The summed E-state index contributed by atoms with van der Waals surface area (Å²) in [5, 5.41) is 4.21. The van der Waals surface area contributed by atoms with Gasteiger partial charge in [0.1, 0.15) is 5.69 Å². The maximum Gasteiger partial charge on any atom is 0.186 e. The average molecular weight is 257 g/mol. The van der Waals surface area contributed by atoms with Gasteiger partial charge in [0.05, 0.1) is 18.4 Å². The Labute approximate surface area is 110 Å². The van der Waals surface area contributed by atoms with Crippen molar-refractivity contribution >= 4 is 11.4 Å². The molecule has 2 fully saturated rings. The first kappa shape index (κ1) is 11.1. The maximum atomic E-state index is 12.6. The number of aromatic nitrogens is 3. The molecule has 2 aromatic rings. The molecule has 0 spiro atoms. The van der Waals surface area contributed by atoms with E-state index in [2.05, 4.69) is 10.1 Å². The van der Waals surface area contributed by atoms with Crippen molar-refractivity contribution in [2.24, 2.45) is 5.92 Å². The minimum Gasteiger partial charge on any atom is -0.375 e. The molecule has 0 aromatic carbocycles. The van der Waals surface area contributed by atoms with E-state index in [0.29, 0.717) is 5.69 Å². The Balaban J connectivity index is 1.67. The number of imidazole rings is 1. The fourth-order valence-corrected chi connectivity index (χ4v) is 3.28. The van der Waals surface area contributed by atoms with Crippen molar-refractivity contribution in [3.63, 3.8) is 0 Å². The van der Waals surface area contributed by atoms with Crippen LogP contribution >= 0.6 is 0 Å². The molecule has 2 aliphatic rings. The number of rotatable bonds is 2. The van der Waals surface area contributed by atoms with Gasteiger partial charge in [-0.15, -0.1) is 0 Å². The Kier molecular flexibility index (Phi) is 2.41. The number of carbonyl (C=O) groups excluding carboxylic acids is 1. The van der Waals surface area contributed by atoms with E-state index in [9.17, 15) is 4.79 Å². The minimum absolute atomic E-state index is 0.0631. The minimum atomic E-state index is 0.0631. The first-order valence-corrected chi connectivity index (χ1v) is 6.79. The lowest BCUT2D eigenvalue weighted by Gasteiger charge is -2.26. The molecular weight excluding hydrogens is 242 g/mol. The van der Waals surface area contributed by atoms with Gasteiger partial charge < -0.3 is 4.74 Å². The van der Waals surface area contributed by atoms with Crippen LogP contribution in [0.1, 0.15) is 36.2 Å². The second-order valence-electron chi connectivity index (χ2n) is 5.43. The third kappa shape index (κ3) is 1.76. The molecule has 0 aliphatic carbocycles. The van der Waals surface area contributed by atoms with Crippen molar-refractivity contribution in [1.29, 1.82) is 0 Å². The van der Waals surface area contributed by atoms with Crippen LogP contribution < -0.4 is 0 Å². The molecule has 19 heavy (non-hydrogen) atoms. The molecule has 0 amide bonds. The van der Waals surface area contributed by atoms with Gasteiger partial charge in [-0.05, 0) is 37.8 Å². The summed E-state index contributed by atoms with van der Waals surface area (Å²) in [6.45, 7) is 0. The SMILES string of the molecule is O=C(c1cnc2cccnn12)C1CC2CCC(C1)O2. The highest BCUT2D eigenvalue weighted by atomic mass is 16.5. The van der Waals surface area contributed by atoms with Gasteiger partial charge in [0.2, 0.25) is 0 Å². The molecule has 98 valence electrons. The maximum absolute atomic E-state index is 12.6. The van der Waals surface area contributed by atoms with Crippen LogP contribution in [0, 0.1) is 5.92 Å². The van der Waals surface area contributed by atoms with Crippen LogP contribution in [0.25, 0.3) is 5.65 Å². The first-order valence-electron chi connectivity index (χ1n) is 6.79. The van der Waals surface area contributed by atoms with Gasteiger partial charge in [-0.25, -0.2) is 9.50 Å². The summed E-state index contributed by atoms with van der Waals surface area (Å²) in [7, 11) is 0. The van der Waals surface area contributed by atoms with Crippen LogP contribution in [-0.2, 0) is 4.74 Å². The van der Waals surface area contributed by atoms with E-state index in [0.717, 1.165) is 31.3 Å². The molecule has 2 aliphatic heterocycles. The molecule has 5 nitrogen and oxygen atoms in total. The van der Waals surface area contributed by atoms with Crippen molar-refractivity contribution in [2.45, 2.75) is 37.9 Å². The van der Waals surface area contributed by atoms with Gasteiger partial charge >= 0.3 is 0 Å². The standard InChI is InChI=1S/C14H15N3O2/c18-14(9-6-10-3-4-11(7-9)19-10)12-8-15-13-2-1-5-16-17(12)13/h1-2,5,8-11H,3-4,6-7H2. The molecule has 4 rings (SSSR count). The molecular formula is C14H15N3O2. The smallest absolute Gasteiger partial charge is 0.186 e. The number of carbonyl (C=O) groups is 1. The van der Waals surface area contributed by atoms with Gasteiger partial charge in [0, 0.05) is 12.1 Å². The van der Waals surface area contributed by atoms with Crippen molar-refractivity contribution in [2.75, 3.05) is 0 Å². The monoisotopic (exact) mass is 257 g/mol. The summed E-state index contributed by atoms with van der Waals surface area (Å²) < 4.78 is 7.43. The molecule has 0 radical (unpaired) electrons. The summed E-state index contributed by atoms with van der Waals surface area (Å²) in [6, 6.07) is 3.68. The average Bonchev–Trinajstić information content (AvgIpc) is 3.01. The third-order valence-corrected chi connectivity index (χ3v) is 4.19. The van der Waals surface area contributed by atoms with Gasteiger partial charge in [-0.3, -0.25) is 4.79 Å². The second-order valence-corrected chi connectivity index (χ2v) is 5.43. The Morgan fingerprint density at radius 1 is 1.32 bits per heavy atom. The number of fused-ring (bicyclic) bond motifs is 3. The Hall–Kier alpha value is -1.75. The Bertz CT molecular complexity index is 624. The molecule has 0 N–H and O–H groups in total. The highest BCUT2D eigenvalue weighted by Crippen LogP contribution is 2.37. The van der Waals surface area contributed by atoms with Crippen molar-refractivity contribution in [3.05, 3.63) is 30.2 Å². The van der Waals surface area contributed by atoms with E-state index in [1.54, 1.807) is 16.9 Å². The Morgan fingerprint density at radius 2 is 2.11 bits per heavy atom. The Morgan fingerprint density at radius 3 is 2.89 bits per heavy atom. The molecule has 2 saturated heterocycles. The molecule has 2 unspecified atom stereocenters. The van der Waals surface area contributed by atoms with Gasteiger partial charge in [-0.2, -0.15) is 5.10 Å². The van der Waals surface area contributed by atoms with Crippen LogP contribution in [0.5, 0.6) is 0 Å². The largest absolute Gasteiger partial charge is 0.375 e. The second kappa shape index (κ2) is 4.13. The lowest BCUT2D eigenvalue weighted by atomic mass is 9.90. The van der Waals surface area contributed by atoms with E-state index in [4.69, 9.17) is 4.74 Å². The zero-order valence-corrected chi connectivity index (χ0v) is 10.5. The fourth-order valence-electron chi connectivity index (χ4n) is 3.28. The summed E-state index contributed by atoms with van der Waals surface area (Å²) in [4.78, 5) is 16.9. The van der Waals surface area contributed by atoms with Crippen LogP contribution in [-0.4, -0.2) is 32.6 Å². The van der Waals surface area contributed by atoms with Crippen molar-refractivity contribution in [1.82, 2.24) is 14.6 Å². The number of nitrogens with zero attached hydrogens (tertiary/aromatic N) is 3. The number of Topliss-reactive ketones (excluding diaryl/α,β-unsaturated/α-hetero) is 1. The quantitative estimate of drug-likeness (QED) is 0.771. The summed E-state index contributed by atoms with van der Waals surface area (Å²) >= 11 is 0. The number of hydrogen-bond acceptors (Lipinski definition) is 4. The lowest BCUT2D eigenvalue weighted by molar-refractivity contribution is -0.0150. The molecule has 2 atom stereocenters. The fraction of sp³-hybridized carbons (Fsp3) is 0.500. The van der Waals surface area contributed by atoms with Crippen molar-refractivity contribution < 1.29 is 9.53 Å². The molecule has 2 aromatic heterocycles. The van der Waals surface area contributed by atoms with Crippen LogP contribution in [0.4, 0.5) is 0 Å². The highest BCUT2D eigenvalue weighted by molar-refractivity contribution is 5.96. The zero-order valence-electron chi connectivity index (χ0n) is 10.5. The van der Waals surface area contributed by atoms with E-state index >= 15 is 0 Å². The van der Waals surface area contributed by atoms with Crippen LogP contribution in [0.2, 0.25) is 0 Å².